The molecule has 2 rings (SSSR count). The van der Waals surface area contributed by atoms with E-state index in [0.29, 0.717) is 18.5 Å². The van der Waals surface area contributed by atoms with Crippen LogP contribution in [0.2, 0.25) is 0 Å². The van der Waals surface area contributed by atoms with E-state index in [1.807, 2.05) is 6.92 Å². The molecule has 0 spiro atoms. The molecule has 1 fully saturated rings. The van der Waals surface area contributed by atoms with E-state index in [1.165, 1.54) is 10.5 Å². The van der Waals surface area contributed by atoms with Crippen LogP contribution in [0.25, 0.3) is 0 Å². The molecule has 0 aromatic heterocycles. The first-order chi connectivity index (χ1) is 11.2. The van der Waals surface area contributed by atoms with Crippen LogP contribution < -0.4 is 5.32 Å². The van der Waals surface area contributed by atoms with Gasteiger partial charge < -0.3 is 15.0 Å². The van der Waals surface area contributed by atoms with Gasteiger partial charge in [-0.05, 0) is 45.4 Å². The number of allylic oxidation sites excluding steroid dienone is 6. The molecule has 0 aromatic carbocycles. The molecule has 1 heterocycles. The summed E-state index contributed by atoms with van der Waals surface area (Å²) in [6, 6.07) is -0.371. The smallest absolute Gasteiger partial charge is 0.274 e. The van der Waals surface area contributed by atoms with Crippen LogP contribution in [-0.2, 0) is 9.59 Å². The van der Waals surface area contributed by atoms with Crippen molar-refractivity contribution in [3.05, 3.63) is 47.9 Å². The molecular weight excluding hydrogens is 288 g/mol. The number of likely N-dealkylation sites (tertiary alicyclic amines) is 1. The van der Waals surface area contributed by atoms with Crippen LogP contribution in [0.1, 0.15) is 45.4 Å². The summed E-state index contributed by atoms with van der Waals surface area (Å²) in [6.07, 6.45) is 14.9. The van der Waals surface area contributed by atoms with Crippen LogP contribution in [-0.4, -0.2) is 29.7 Å². The van der Waals surface area contributed by atoms with Crippen molar-refractivity contribution in [1.82, 2.24) is 10.2 Å². The second-order valence-corrected chi connectivity index (χ2v) is 5.97. The molecule has 4 heteroatoms. The van der Waals surface area contributed by atoms with Gasteiger partial charge in [-0.1, -0.05) is 36.5 Å². The highest BCUT2D eigenvalue weighted by atomic mass is 16.2. The van der Waals surface area contributed by atoms with Gasteiger partial charge in [0.15, 0.2) is 0 Å². The highest BCUT2D eigenvalue weighted by molar-refractivity contribution is 5.96. The number of hydrogen-bond donors (Lipinski definition) is 1. The monoisotopic (exact) mass is 314 g/mol. The predicted octanol–water partition coefficient (Wildman–Crippen LogP) is 3.24. The number of nitrogens with zero attached hydrogens (tertiary/aromatic N) is 1. The number of amides is 1. The first kappa shape index (κ1) is 17.3. The molecule has 1 N–H and O–H groups in total. The van der Waals surface area contributed by atoms with Crippen LogP contribution >= 0.6 is 0 Å². The third kappa shape index (κ3) is 4.44. The highest BCUT2D eigenvalue weighted by Gasteiger charge is 2.32. The lowest BCUT2D eigenvalue weighted by molar-refractivity contribution is -0.129. The zero-order valence-corrected chi connectivity index (χ0v) is 13.9. The van der Waals surface area contributed by atoms with Crippen molar-refractivity contribution in [2.24, 2.45) is 0 Å². The van der Waals surface area contributed by atoms with Gasteiger partial charge in [0.2, 0.25) is 0 Å². The molecule has 23 heavy (non-hydrogen) atoms. The lowest BCUT2D eigenvalue weighted by Crippen LogP contribution is -2.39. The van der Waals surface area contributed by atoms with E-state index in [2.05, 4.69) is 30.1 Å². The Morgan fingerprint density at radius 1 is 1.48 bits per heavy atom. The zero-order valence-electron chi connectivity index (χ0n) is 13.9. The van der Waals surface area contributed by atoms with Crippen LogP contribution in [0.4, 0.5) is 0 Å². The molecule has 2 aliphatic rings. The van der Waals surface area contributed by atoms with E-state index >= 15 is 0 Å². The summed E-state index contributed by atoms with van der Waals surface area (Å²) in [5.74, 6) is -0.149. The van der Waals surface area contributed by atoms with Crippen molar-refractivity contribution in [3.8, 4) is 0 Å². The van der Waals surface area contributed by atoms with Gasteiger partial charge in [-0.25, -0.2) is 0 Å². The van der Waals surface area contributed by atoms with Crippen LogP contribution in [0.3, 0.4) is 0 Å². The third-order valence-electron chi connectivity index (χ3n) is 4.33. The van der Waals surface area contributed by atoms with Gasteiger partial charge in [0.1, 0.15) is 6.29 Å². The second-order valence-electron chi connectivity index (χ2n) is 5.97. The van der Waals surface area contributed by atoms with E-state index in [-0.39, 0.29) is 11.9 Å². The number of hydrogen-bond acceptors (Lipinski definition) is 3. The fourth-order valence-corrected chi connectivity index (χ4v) is 3.02. The topological polar surface area (TPSA) is 49.4 Å². The molecule has 0 bridgehead atoms. The molecule has 1 saturated heterocycles. The molecule has 1 aliphatic heterocycles. The standard InChI is InChI=1S/C19H26N2O2/c1-3-18(19(23)21-15(2)11-12-17(21)14-22)20-13-7-10-16-8-5-4-6-9-16/h3,5,8-9,14,17,20H,2,4,6-7,10-13H2,1H3/b18-3+. The number of carbonyl (C=O) groups excluding carboxylic acids is 2. The Morgan fingerprint density at radius 3 is 2.96 bits per heavy atom. The van der Waals surface area contributed by atoms with Gasteiger partial charge in [-0.15, -0.1) is 0 Å². The Labute approximate surface area is 138 Å². The maximum absolute atomic E-state index is 12.6. The number of carbonyl (C=O) groups is 2. The lowest BCUT2D eigenvalue weighted by atomic mass is 10.0. The van der Waals surface area contributed by atoms with Crippen molar-refractivity contribution in [1.29, 1.82) is 0 Å². The van der Waals surface area contributed by atoms with Gasteiger partial charge in [-0.2, -0.15) is 0 Å². The molecule has 0 radical (unpaired) electrons. The maximum atomic E-state index is 12.6. The van der Waals surface area contributed by atoms with E-state index < -0.39 is 0 Å². The Kier molecular flexibility index (Phi) is 6.39. The summed E-state index contributed by atoms with van der Waals surface area (Å²) < 4.78 is 0. The van der Waals surface area contributed by atoms with Gasteiger partial charge in [0, 0.05) is 12.2 Å². The normalized spacial score (nSPS) is 21.3. The molecule has 124 valence electrons. The van der Waals surface area contributed by atoms with E-state index in [9.17, 15) is 9.59 Å². The summed E-state index contributed by atoms with van der Waals surface area (Å²) in [6.45, 7) is 6.48. The minimum atomic E-state index is -0.371. The molecular formula is C19H26N2O2. The Balaban J connectivity index is 1.83. The van der Waals surface area contributed by atoms with Gasteiger partial charge in [0.05, 0.1) is 11.7 Å². The minimum absolute atomic E-state index is 0.149. The number of nitrogens with one attached hydrogen (secondary N) is 1. The Hall–Kier alpha value is -2.10. The van der Waals surface area contributed by atoms with Crippen molar-refractivity contribution < 1.29 is 9.59 Å². The van der Waals surface area contributed by atoms with Gasteiger partial charge in [0.25, 0.3) is 5.91 Å². The predicted molar refractivity (Wildman–Crippen MR) is 92.5 cm³/mol. The summed E-state index contributed by atoms with van der Waals surface area (Å²) in [7, 11) is 0. The van der Waals surface area contributed by atoms with Crippen LogP contribution in [0.5, 0.6) is 0 Å². The van der Waals surface area contributed by atoms with Crippen LogP contribution in [0.15, 0.2) is 47.9 Å². The molecule has 1 aliphatic carbocycles. The maximum Gasteiger partial charge on any atom is 0.274 e. The SMILES string of the molecule is C=C1CCC(C=O)N1C(=O)/C(=C\C)NCCCC1=CCCC=C1. The Morgan fingerprint density at radius 2 is 2.30 bits per heavy atom. The van der Waals surface area contributed by atoms with Crippen LogP contribution in [0, 0.1) is 0 Å². The Bertz CT molecular complexity index is 558. The molecule has 1 amide bonds. The summed E-state index contributed by atoms with van der Waals surface area (Å²) in [4.78, 5) is 25.3. The minimum Gasteiger partial charge on any atom is -0.381 e. The van der Waals surface area contributed by atoms with E-state index in [0.717, 1.165) is 44.2 Å². The lowest BCUT2D eigenvalue weighted by Gasteiger charge is -2.23. The van der Waals surface area contributed by atoms with Crippen molar-refractivity contribution in [2.45, 2.75) is 51.5 Å². The zero-order chi connectivity index (χ0) is 16.7. The molecule has 1 unspecified atom stereocenters. The van der Waals surface area contributed by atoms with E-state index in [1.54, 1.807) is 6.08 Å². The van der Waals surface area contributed by atoms with Gasteiger partial charge >= 0.3 is 0 Å². The fourth-order valence-electron chi connectivity index (χ4n) is 3.02. The highest BCUT2D eigenvalue weighted by Crippen LogP contribution is 2.26. The quantitative estimate of drug-likeness (QED) is 0.446. The van der Waals surface area contributed by atoms with E-state index in [4.69, 9.17) is 0 Å². The third-order valence-corrected chi connectivity index (χ3v) is 4.33. The molecule has 0 aromatic rings. The first-order valence-electron chi connectivity index (χ1n) is 8.39. The van der Waals surface area contributed by atoms with Crippen molar-refractivity contribution in [2.75, 3.05) is 6.54 Å². The second kappa shape index (κ2) is 8.51. The molecule has 4 nitrogen and oxygen atoms in total. The van der Waals surface area contributed by atoms with Crippen molar-refractivity contribution >= 4 is 12.2 Å². The van der Waals surface area contributed by atoms with Crippen molar-refractivity contribution in [3.63, 3.8) is 0 Å². The summed E-state index contributed by atoms with van der Waals surface area (Å²) in [5, 5.41) is 3.21. The molecule has 0 saturated carbocycles. The average Bonchev–Trinajstić information content (AvgIpc) is 2.96. The number of aldehydes is 1. The largest absolute Gasteiger partial charge is 0.381 e. The summed E-state index contributed by atoms with van der Waals surface area (Å²) in [5.41, 5.74) is 2.65. The summed E-state index contributed by atoms with van der Waals surface area (Å²) >= 11 is 0. The molecule has 1 atom stereocenters. The first-order valence-corrected chi connectivity index (χ1v) is 8.39. The number of rotatable bonds is 7. The van der Waals surface area contributed by atoms with Gasteiger partial charge in [-0.3, -0.25) is 4.79 Å². The fraction of sp³-hybridized carbons (Fsp3) is 0.474. The average molecular weight is 314 g/mol.